The number of hydrogen-bond donors (Lipinski definition) is 1. The summed E-state index contributed by atoms with van der Waals surface area (Å²) in [5.41, 5.74) is 0.970. The topological polar surface area (TPSA) is 46.5 Å². The fourth-order valence-corrected chi connectivity index (χ4v) is 4.40. The van der Waals surface area contributed by atoms with Crippen LogP contribution in [-0.2, 0) is 9.09 Å². The van der Waals surface area contributed by atoms with E-state index >= 15 is 0 Å². The Morgan fingerprint density at radius 3 is 2.43 bits per heavy atom. The largest absolute Gasteiger partial charge is 0.378 e. The third kappa shape index (κ3) is 4.52. The fourth-order valence-electron chi connectivity index (χ4n) is 2.05. The molecule has 3 nitrogen and oxygen atoms in total. The van der Waals surface area contributed by atoms with Gasteiger partial charge in [-0.1, -0.05) is 54.1 Å². The van der Waals surface area contributed by atoms with E-state index in [2.05, 4.69) is 0 Å². The van der Waals surface area contributed by atoms with Crippen molar-refractivity contribution in [3.8, 4) is 0 Å². The molecule has 0 aliphatic heterocycles. The number of hydrogen-bond acceptors (Lipinski definition) is 3. The minimum atomic E-state index is -3.63. The predicted molar refractivity (Wildman–Crippen MR) is 90.9 cm³/mol. The molecule has 122 valence electrons. The smallest absolute Gasteiger partial charge is 0.258 e. The van der Waals surface area contributed by atoms with Crippen molar-refractivity contribution in [1.29, 1.82) is 0 Å². The molecule has 23 heavy (non-hydrogen) atoms. The van der Waals surface area contributed by atoms with Gasteiger partial charge in [0.15, 0.2) is 5.85 Å². The van der Waals surface area contributed by atoms with E-state index in [-0.39, 0.29) is 11.6 Å². The maximum atomic E-state index is 13.1. The lowest BCUT2D eigenvalue weighted by Gasteiger charge is -2.21. The molecule has 2 aromatic rings. The lowest BCUT2D eigenvalue weighted by atomic mass is 10.2. The molecule has 0 aliphatic rings. The number of halogens is 2. The predicted octanol–water partition coefficient (Wildman–Crippen LogP) is 5.37. The Balaban J connectivity index is 2.38. The molecule has 0 aliphatic carbocycles. The van der Waals surface area contributed by atoms with Gasteiger partial charge < -0.3 is 9.63 Å². The van der Waals surface area contributed by atoms with Gasteiger partial charge >= 0.3 is 0 Å². The second kappa shape index (κ2) is 7.89. The molecule has 0 unspecified atom stereocenters. The van der Waals surface area contributed by atoms with E-state index in [1.807, 2.05) is 6.07 Å². The molecule has 0 bridgehead atoms. The van der Waals surface area contributed by atoms with Crippen LogP contribution >= 0.6 is 19.0 Å². The molecule has 0 heterocycles. The summed E-state index contributed by atoms with van der Waals surface area (Å²) < 4.78 is 31.4. The van der Waals surface area contributed by atoms with E-state index in [1.165, 1.54) is 30.1 Å². The summed E-state index contributed by atoms with van der Waals surface area (Å²) in [5.74, 6) is -0.605. The van der Waals surface area contributed by atoms with Crippen molar-refractivity contribution in [3.05, 3.63) is 77.4 Å². The van der Waals surface area contributed by atoms with Crippen molar-refractivity contribution in [3.63, 3.8) is 0 Å². The van der Waals surface area contributed by atoms with E-state index < -0.39 is 19.0 Å². The Kier molecular flexibility index (Phi) is 6.14. The molecule has 0 spiro atoms. The van der Waals surface area contributed by atoms with Crippen LogP contribution in [0.25, 0.3) is 5.03 Å². The minimum Gasteiger partial charge on any atom is -0.378 e. The fraction of sp³-hybridized carbons (Fsp3) is 0.176. The van der Waals surface area contributed by atoms with Crippen molar-refractivity contribution in [2.75, 3.05) is 6.61 Å². The van der Waals surface area contributed by atoms with Gasteiger partial charge in [0.1, 0.15) is 5.82 Å². The second-order valence-corrected chi connectivity index (χ2v) is 7.53. The molecule has 2 rings (SSSR count). The maximum Gasteiger partial charge on any atom is 0.258 e. The van der Waals surface area contributed by atoms with Gasteiger partial charge in [-0.15, -0.1) is 0 Å². The number of benzene rings is 2. The molecule has 6 heteroatoms. The van der Waals surface area contributed by atoms with E-state index in [0.29, 0.717) is 11.1 Å². The van der Waals surface area contributed by atoms with Crippen LogP contribution in [0.4, 0.5) is 4.39 Å². The van der Waals surface area contributed by atoms with Gasteiger partial charge in [0, 0.05) is 5.82 Å². The number of aliphatic hydroxyl groups is 1. The first kappa shape index (κ1) is 17.9. The zero-order chi connectivity index (χ0) is 16.9. The van der Waals surface area contributed by atoms with Crippen molar-refractivity contribution in [2.24, 2.45) is 0 Å². The molecule has 0 amide bonds. The lowest BCUT2D eigenvalue weighted by molar-refractivity contribution is 0.218. The minimum absolute atomic E-state index is 0.144. The molecule has 2 atom stereocenters. The van der Waals surface area contributed by atoms with E-state index in [0.717, 1.165) is 0 Å². The molecule has 0 radical (unpaired) electrons. The quantitative estimate of drug-likeness (QED) is 0.709. The summed E-state index contributed by atoms with van der Waals surface area (Å²) in [7, 11) is -3.63. The first-order valence-corrected chi connectivity index (χ1v) is 9.21. The van der Waals surface area contributed by atoms with Crippen LogP contribution in [0.2, 0.25) is 0 Å². The summed E-state index contributed by atoms with van der Waals surface area (Å²) in [4.78, 5) is 0. The first-order chi connectivity index (χ1) is 11.0. The maximum absolute atomic E-state index is 13.1. The Morgan fingerprint density at radius 2 is 1.87 bits per heavy atom. The first-order valence-electron chi connectivity index (χ1n) is 7.07. The highest BCUT2D eigenvalue weighted by molar-refractivity contribution is 7.62. The van der Waals surface area contributed by atoms with Crippen molar-refractivity contribution in [2.45, 2.75) is 12.8 Å². The highest BCUT2D eigenvalue weighted by atomic mass is 35.5. The van der Waals surface area contributed by atoms with E-state index in [4.69, 9.17) is 16.1 Å². The third-order valence-corrected chi connectivity index (χ3v) is 5.92. The van der Waals surface area contributed by atoms with Gasteiger partial charge in [-0.05, 0) is 30.2 Å². The monoisotopic (exact) mass is 354 g/mol. The lowest BCUT2D eigenvalue weighted by Crippen LogP contribution is -2.02. The molecular weight excluding hydrogens is 338 g/mol. The van der Waals surface area contributed by atoms with Crippen LogP contribution in [-0.4, -0.2) is 11.7 Å². The zero-order valence-corrected chi connectivity index (χ0v) is 14.2. The average Bonchev–Trinajstić information content (AvgIpc) is 2.56. The SMILES string of the molecule is CCO[P@@](=O)(/C=C(\Cl)c1ccccc1)[C@H](O)c1ccc(F)cc1. The summed E-state index contributed by atoms with van der Waals surface area (Å²) >= 11 is 6.22. The van der Waals surface area contributed by atoms with Crippen LogP contribution in [0, 0.1) is 5.82 Å². The molecule has 1 N–H and O–H groups in total. The van der Waals surface area contributed by atoms with Crippen LogP contribution in [0.1, 0.15) is 23.9 Å². The zero-order valence-electron chi connectivity index (χ0n) is 12.5. The Hall–Kier alpha value is -1.45. The van der Waals surface area contributed by atoms with Gasteiger partial charge in [-0.3, -0.25) is 4.57 Å². The molecule has 0 aromatic heterocycles. The van der Waals surface area contributed by atoms with Crippen molar-refractivity contribution < 1.29 is 18.6 Å². The normalized spacial score (nSPS) is 15.9. The van der Waals surface area contributed by atoms with Gasteiger partial charge in [-0.2, -0.15) is 0 Å². The third-order valence-electron chi connectivity index (χ3n) is 3.18. The average molecular weight is 355 g/mol. The van der Waals surface area contributed by atoms with Crippen molar-refractivity contribution in [1.82, 2.24) is 0 Å². The number of rotatable bonds is 6. The van der Waals surface area contributed by atoms with Crippen LogP contribution in [0.5, 0.6) is 0 Å². The summed E-state index contributed by atoms with van der Waals surface area (Å²) in [6.07, 6.45) is 0. The summed E-state index contributed by atoms with van der Waals surface area (Å²) in [6.45, 7) is 1.82. The molecule has 0 saturated heterocycles. The Labute approximate surface area is 139 Å². The standard InChI is InChI=1S/C17H17ClFO3P/c1-2-22-23(21,12-16(18)13-6-4-3-5-7-13)17(20)14-8-10-15(19)11-9-14/h3-12,17,20H,2H2,1H3/b16-12-/t17-,23-/m0/s1. The van der Waals surface area contributed by atoms with Crippen LogP contribution in [0.15, 0.2) is 60.4 Å². The van der Waals surface area contributed by atoms with Gasteiger partial charge in [-0.25, -0.2) is 4.39 Å². The van der Waals surface area contributed by atoms with Gasteiger partial charge in [0.05, 0.1) is 11.6 Å². The molecule has 0 saturated carbocycles. The van der Waals surface area contributed by atoms with Crippen molar-refractivity contribution >= 4 is 24.0 Å². The Morgan fingerprint density at radius 1 is 1.26 bits per heavy atom. The second-order valence-electron chi connectivity index (χ2n) is 4.83. The molecule has 0 fully saturated rings. The Bertz CT molecular complexity index is 716. The summed E-state index contributed by atoms with van der Waals surface area (Å²) in [5, 5.41) is 10.7. The van der Waals surface area contributed by atoms with E-state index in [9.17, 15) is 14.1 Å². The summed E-state index contributed by atoms with van der Waals surface area (Å²) in [6, 6.07) is 14.1. The molecule has 2 aromatic carbocycles. The van der Waals surface area contributed by atoms with Gasteiger partial charge in [0.25, 0.3) is 7.37 Å². The van der Waals surface area contributed by atoms with Gasteiger partial charge in [0.2, 0.25) is 0 Å². The molecular formula is C17H17ClFO3P. The number of aliphatic hydroxyl groups excluding tert-OH is 1. The highest BCUT2D eigenvalue weighted by Crippen LogP contribution is 2.61. The van der Waals surface area contributed by atoms with E-state index in [1.54, 1.807) is 31.2 Å². The van der Waals surface area contributed by atoms with Crippen LogP contribution in [0.3, 0.4) is 0 Å². The van der Waals surface area contributed by atoms with Crippen LogP contribution < -0.4 is 0 Å². The highest BCUT2D eigenvalue weighted by Gasteiger charge is 2.32.